The minimum atomic E-state index is 1.21. The van der Waals surface area contributed by atoms with E-state index in [0.29, 0.717) is 0 Å². The predicted molar refractivity (Wildman–Crippen MR) is 241 cm³/mol. The molecule has 11 aromatic rings. The molecule has 0 N–H and O–H groups in total. The summed E-state index contributed by atoms with van der Waals surface area (Å²) in [6.45, 7) is 0. The van der Waals surface area contributed by atoms with E-state index in [1.165, 1.54) is 109 Å². The van der Waals surface area contributed by atoms with Crippen molar-refractivity contribution >= 4 is 53.9 Å². The Morgan fingerprint density at radius 1 is 0.161 bits per heavy atom. The fourth-order valence-electron chi connectivity index (χ4n) is 9.30. The van der Waals surface area contributed by atoms with E-state index in [2.05, 4.69) is 218 Å². The monoisotopic (exact) mass is 708 g/mol. The summed E-state index contributed by atoms with van der Waals surface area (Å²) in [6.07, 6.45) is 0. The Balaban J connectivity index is 1.14. The lowest BCUT2D eigenvalue weighted by molar-refractivity contribution is 1.62. The highest BCUT2D eigenvalue weighted by atomic mass is 14.2. The maximum Gasteiger partial charge on any atom is -0.00201 e. The number of benzene rings is 11. The molecule has 11 aromatic carbocycles. The lowest BCUT2D eigenvalue weighted by Gasteiger charge is -2.20. The van der Waals surface area contributed by atoms with Crippen molar-refractivity contribution in [2.24, 2.45) is 0 Å². The number of hydrogen-bond donors (Lipinski definition) is 0. The molecule has 56 heavy (non-hydrogen) atoms. The van der Waals surface area contributed by atoms with Crippen LogP contribution in [0.25, 0.3) is 109 Å². The SMILES string of the molecule is c1ccc(-c2c3ccccc3c(-c3cccc(-c4ccc(-c5c6ccccc6c(-c6ccccc6)c6ccccc56)c5ccccc45)c3)c3ccccc23)cc1. The van der Waals surface area contributed by atoms with Crippen LogP contribution in [-0.2, 0) is 0 Å². The van der Waals surface area contributed by atoms with Crippen LogP contribution in [0.2, 0.25) is 0 Å². The maximum absolute atomic E-state index is 2.40. The van der Waals surface area contributed by atoms with Gasteiger partial charge >= 0.3 is 0 Å². The number of rotatable bonds is 5. The number of fused-ring (bicyclic) bond motifs is 5. The first-order valence-electron chi connectivity index (χ1n) is 19.4. The predicted octanol–water partition coefficient (Wildman–Crippen LogP) is 15.8. The lowest BCUT2D eigenvalue weighted by Crippen LogP contribution is -1.93. The summed E-state index contributed by atoms with van der Waals surface area (Å²) in [5, 5.41) is 12.6. The van der Waals surface area contributed by atoms with Gasteiger partial charge < -0.3 is 0 Å². The molecule has 0 amide bonds. The normalized spacial score (nSPS) is 11.6. The standard InChI is InChI=1S/C56H36/c1-3-18-37(19-4-1)53-44-26-9-11-28-46(44)55(47-29-12-10-27-45(47)53)40-23-17-22-39(36-40)41-34-35-52(43-25-8-7-24-42(41)43)56-50-32-15-13-30-48(50)54(38-20-5-2-6-21-38)49-31-14-16-33-51(49)56/h1-36H. The largest absolute Gasteiger partial charge is 0.0622 e. The molecular formula is C56H36. The first-order valence-corrected chi connectivity index (χ1v) is 19.4. The average Bonchev–Trinajstić information content (AvgIpc) is 3.27. The zero-order chi connectivity index (χ0) is 37.0. The van der Waals surface area contributed by atoms with Crippen LogP contribution in [0.3, 0.4) is 0 Å². The lowest BCUT2D eigenvalue weighted by atomic mass is 9.83. The summed E-state index contributed by atoms with van der Waals surface area (Å²) in [5.41, 5.74) is 12.5. The molecule has 0 heteroatoms. The second-order valence-corrected chi connectivity index (χ2v) is 14.7. The van der Waals surface area contributed by atoms with E-state index in [0.717, 1.165) is 0 Å². The molecule has 0 radical (unpaired) electrons. The van der Waals surface area contributed by atoms with Crippen molar-refractivity contribution in [1.82, 2.24) is 0 Å². The molecule has 0 fully saturated rings. The van der Waals surface area contributed by atoms with Gasteiger partial charge in [0.1, 0.15) is 0 Å². The molecule has 0 spiro atoms. The Morgan fingerprint density at radius 2 is 0.446 bits per heavy atom. The molecule has 0 aliphatic heterocycles. The fourth-order valence-corrected chi connectivity index (χ4v) is 9.30. The van der Waals surface area contributed by atoms with E-state index >= 15 is 0 Å². The van der Waals surface area contributed by atoms with Crippen molar-refractivity contribution in [2.45, 2.75) is 0 Å². The minimum absolute atomic E-state index is 1.21. The van der Waals surface area contributed by atoms with Gasteiger partial charge in [0.05, 0.1) is 0 Å². The second-order valence-electron chi connectivity index (χ2n) is 14.7. The Labute approximate surface area is 326 Å². The molecule has 0 aromatic heterocycles. The summed E-state index contributed by atoms with van der Waals surface area (Å²) >= 11 is 0. The van der Waals surface area contributed by atoms with Gasteiger partial charge in [0.2, 0.25) is 0 Å². The van der Waals surface area contributed by atoms with Gasteiger partial charge in [-0.25, -0.2) is 0 Å². The van der Waals surface area contributed by atoms with E-state index in [-0.39, 0.29) is 0 Å². The molecule has 0 heterocycles. The van der Waals surface area contributed by atoms with Gasteiger partial charge in [-0.1, -0.05) is 212 Å². The quantitative estimate of drug-likeness (QED) is 0.156. The van der Waals surface area contributed by atoms with Crippen LogP contribution in [-0.4, -0.2) is 0 Å². The van der Waals surface area contributed by atoms with Crippen LogP contribution in [0.5, 0.6) is 0 Å². The van der Waals surface area contributed by atoms with E-state index in [1.807, 2.05) is 0 Å². The van der Waals surface area contributed by atoms with Crippen molar-refractivity contribution < 1.29 is 0 Å². The molecule has 0 atom stereocenters. The highest BCUT2D eigenvalue weighted by Crippen LogP contribution is 2.48. The Hall–Kier alpha value is -7.28. The molecule has 0 unspecified atom stereocenters. The first kappa shape index (κ1) is 32.2. The van der Waals surface area contributed by atoms with Crippen molar-refractivity contribution in [3.63, 3.8) is 0 Å². The van der Waals surface area contributed by atoms with E-state index in [1.54, 1.807) is 0 Å². The van der Waals surface area contributed by atoms with Crippen LogP contribution in [0.1, 0.15) is 0 Å². The molecule has 260 valence electrons. The zero-order valence-corrected chi connectivity index (χ0v) is 30.8. The van der Waals surface area contributed by atoms with Crippen LogP contribution < -0.4 is 0 Å². The maximum atomic E-state index is 2.40. The smallest absolute Gasteiger partial charge is 0.00201 e. The second kappa shape index (κ2) is 13.2. The molecule has 0 bridgehead atoms. The summed E-state index contributed by atoms with van der Waals surface area (Å²) in [4.78, 5) is 0. The summed E-state index contributed by atoms with van der Waals surface area (Å²) in [7, 11) is 0. The van der Waals surface area contributed by atoms with Crippen LogP contribution in [0.4, 0.5) is 0 Å². The minimum Gasteiger partial charge on any atom is -0.0622 e. The topological polar surface area (TPSA) is 0 Å². The third-order valence-electron chi connectivity index (χ3n) is 11.6. The zero-order valence-electron chi connectivity index (χ0n) is 30.8. The van der Waals surface area contributed by atoms with Crippen molar-refractivity contribution in [1.29, 1.82) is 0 Å². The molecule has 0 saturated carbocycles. The third-order valence-corrected chi connectivity index (χ3v) is 11.6. The van der Waals surface area contributed by atoms with Crippen LogP contribution in [0.15, 0.2) is 218 Å². The first-order chi connectivity index (χ1) is 27.8. The average molecular weight is 709 g/mol. The Morgan fingerprint density at radius 3 is 0.875 bits per heavy atom. The Kier molecular flexibility index (Phi) is 7.60. The van der Waals surface area contributed by atoms with Gasteiger partial charge in [-0.2, -0.15) is 0 Å². The summed E-state index contributed by atoms with van der Waals surface area (Å²) in [6, 6.07) is 80.2. The van der Waals surface area contributed by atoms with E-state index in [9.17, 15) is 0 Å². The van der Waals surface area contributed by atoms with Gasteiger partial charge in [0.25, 0.3) is 0 Å². The van der Waals surface area contributed by atoms with Crippen molar-refractivity contribution in [2.75, 3.05) is 0 Å². The third kappa shape index (κ3) is 5.08. The van der Waals surface area contributed by atoms with Gasteiger partial charge in [0.15, 0.2) is 0 Å². The summed E-state index contributed by atoms with van der Waals surface area (Å²) in [5.74, 6) is 0. The van der Waals surface area contributed by atoms with Crippen LogP contribution in [0, 0.1) is 0 Å². The van der Waals surface area contributed by atoms with Gasteiger partial charge in [-0.15, -0.1) is 0 Å². The molecule has 0 nitrogen and oxygen atoms in total. The van der Waals surface area contributed by atoms with E-state index < -0.39 is 0 Å². The highest BCUT2D eigenvalue weighted by Gasteiger charge is 2.20. The van der Waals surface area contributed by atoms with Gasteiger partial charge in [0, 0.05) is 0 Å². The summed E-state index contributed by atoms with van der Waals surface area (Å²) < 4.78 is 0. The molecule has 11 rings (SSSR count). The molecule has 0 aliphatic rings. The van der Waals surface area contributed by atoms with Crippen LogP contribution >= 0.6 is 0 Å². The molecule has 0 saturated heterocycles. The number of hydrogen-bond acceptors (Lipinski definition) is 0. The van der Waals surface area contributed by atoms with Gasteiger partial charge in [-0.3, -0.25) is 0 Å². The molecular weight excluding hydrogens is 673 g/mol. The van der Waals surface area contributed by atoms with E-state index in [4.69, 9.17) is 0 Å². The van der Waals surface area contributed by atoms with Crippen molar-refractivity contribution in [3.05, 3.63) is 218 Å². The fraction of sp³-hybridized carbons (Fsp3) is 0. The van der Waals surface area contributed by atoms with Crippen molar-refractivity contribution in [3.8, 4) is 55.6 Å². The molecule has 0 aliphatic carbocycles. The van der Waals surface area contributed by atoms with Gasteiger partial charge in [-0.05, 0) is 116 Å². The highest BCUT2D eigenvalue weighted by molar-refractivity contribution is 6.25. The Bertz CT molecular complexity index is 3170.